The maximum absolute atomic E-state index is 6.08. The van der Waals surface area contributed by atoms with Crippen molar-refractivity contribution in [3.05, 3.63) is 39.8 Å². The third kappa shape index (κ3) is 3.31. The highest BCUT2D eigenvalue weighted by atomic mass is 32.2. The van der Waals surface area contributed by atoms with Crippen molar-refractivity contribution >= 4 is 23.1 Å². The molecule has 2 aromatic heterocycles. The van der Waals surface area contributed by atoms with Gasteiger partial charge >= 0.3 is 0 Å². The van der Waals surface area contributed by atoms with E-state index in [0.717, 1.165) is 16.5 Å². The van der Waals surface area contributed by atoms with Crippen LogP contribution in [-0.4, -0.2) is 16.0 Å². The molecule has 2 unspecified atom stereocenters. The minimum absolute atomic E-state index is 0.0677. The van der Waals surface area contributed by atoms with Gasteiger partial charge in [0.15, 0.2) is 5.16 Å². The summed E-state index contributed by atoms with van der Waals surface area (Å²) < 4.78 is 0. The zero-order valence-electron chi connectivity index (χ0n) is 10.8. The standard InChI is InChI=1S/C13H17N3S2/c1-8-7-9(2)16-13(15-8)18-12(10(3)14)11-5-4-6-17-11/h4-7,10,12H,14H2,1-3H3. The molecule has 0 fully saturated rings. The molecule has 0 spiro atoms. The second-order valence-corrected chi connectivity index (χ2v) is 6.43. The Morgan fingerprint density at radius 3 is 2.44 bits per heavy atom. The molecule has 0 saturated carbocycles. The Balaban J connectivity index is 2.24. The van der Waals surface area contributed by atoms with Gasteiger partial charge < -0.3 is 5.73 Å². The van der Waals surface area contributed by atoms with Gasteiger partial charge in [0.25, 0.3) is 0 Å². The molecule has 18 heavy (non-hydrogen) atoms. The van der Waals surface area contributed by atoms with Gasteiger partial charge in [-0.3, -0.25) is 0 Å². The lowest BCUT2D eigenvalue weighted by Gasteiger charge is -2.18. The predicted molar refractivity (Wildman–Crippen MR) is 78.1 cm³/mol. The third-order valence-electron chi connectivity index (χ3n) is 2.50. The maximum Gasteiger partial charge on any atom is 0.188 e. The Morgan fingerprint density at radius 1 is 1.28 bits per heavy atom. The van der Waals surface area contributed by atoms with Gasteiger partial charge in [0.1, 0.15) is 0 Å². The van der Waals surface area contributed by atoms with Crippen LogP contribution in [0.15, 0.2) is 28.7 Å². The van der Waals surface area contributed by atoms with Gasteiger partial charge in [-0.25, -0.2) is 9.97 Å². The van der Waals surface area contributed by atoms with Crippen molar-refractivity contribution in [1.29, 1.82) is 0 Å². The normalized spacial score (nSPS) is 14.4. The average Bonchev–Trinajstić information content (AvgIpc) is 2.77. The quantitative estimate of drug-likeness (QED) is 0.689. The summed E-state index contributed by atoms with van der Waals surface area (Å²) in [7, 11) is 0. The monoisotopic (exact) mass is 279 g/mol. The lowest BCUT2D eigenvalue weighted by molar-refractivity contribution is 0.725. The van der Waals surface area contributed by atoms with Crippen molar-refractivity contribution in [3.63, 3.8) is 0 Å². The van der Waals surface area contributed by atoms with Crippen LogP contribution in [0.5, 0.6) is 0 Å². The molecule has 0 saturated heterocycles. The summed E-state index contributed by atoms with van der Waals surface area (Å²) in [5, 5.41) is 3.10. The lowest BCUT2D eigenvalue weighted by Crippen LogP contribution is -2.22. The van der Waals surface area contributed by atoms with Gasteiger partial charge in [-0.05, 0) is 38.3 Å². The molecule has 2 heterocycles. The van der Waals surface area contributed by atoms with Crippen LogP contribution in [0, 0.1) is 13.8 Å². The SMILES string of the molecule is Cc1cc(C)nc(SC(c2cccs2)C(C)N)n1. The largest absolute Gasteiger partial charge is 0.327 e. The number of thiophene rings is 1. The molecule has 0 amide bonds. The zero-order chi connectivity index (χ0) is 13.1. The summed E-state index contributed by atoms with van der Waals surface area (Å²) in [5.74, 6) is 0. The molecule has 96 valence electrons. The molecule has 2 N–H and O–H groups in total. The van der Waals surface area contributed by atoms with Gasteiger partial charge in [0.05, 0.1) is 5.25 Å². The minimum atomic E-state index is 0.0677. The number of nitrogens with two attached hydrogens (primary N) is 1. The van der Waals surface area contributed by atoms with E-state index in [-0.39, 0.29) is 11.3 Å². The highest BCUT2D eigenvalue weighted by Gasteiger charge is 2.20. The van der Waals surface area contributed by atoms with Crippen molar-refractivity contribution in [2.24, 2.45) is 5.73 Å². The van der Waals surface area contributed by atoms with E-state index in [9.17, 15) is 0 Å². The number of nitrogens with zero attached hydrogens (tertiary/aromatic N) is 2. The second-order valence-electron chi connectivity index (χ2n) is 4.35. The van der Waals surface area contributed by atoms with E-state index in [2.05, 4.69) is 27.5 Å². The molecule has 0 aliphatic heterocycles. The van der Waals surface area contributed by atoms with Gasteiger partial charge in [0.2, 0.25) is 0 Å². The molecule has 2 atom stereocenters. The number of rotatable bonds is 4. The van der Waals surface area contributed by atoms with E-state index in [1.807, 2.05) is 26.8 Å². The Bertz CT molecular complexity index is 489. The fourth-order valence-corrected chi connectivity index (χ4v) is 3.90. The number of aromatic nitrogens is 2. The first kappa shape index (κ1) is 13.5. The van der Waals surface area contributed by atoms with E-state index >= 15 is 0 Å². The van der Waals surface area contributed by atoms with Crippen LogP contribution < -0.4 is 5.73 Å². The first-order valence-electron chi connectivity index (χ1n) is 5.84. The molecule has 0 bridgehead atoms. The molecular weight excluding hydrogens is 262 g/mol. The highest BCUT2D eigenvalue weighted by molar-refractivity contribution is 7.99. The van der Waals surface area contributed by atoms with Crippen LogP contribution >= 0.6 is 23.1 Å². The number of aryl methyl sites for hydroxylation is 2. The molecular formula is C13H17N3S2. The topological polar surface area (TPSA) is 51.8 Å². The first-order valence-corrected chi connectivity index (χ1v) is 7.60. The molecule has 0 aliphatic rings. The van der Waals surface area contributed by atoms with Gasteiger partial charge in [-0.1, -0.05) is 17.8 Å². The van der Waals surface area contributed by atoms with E-state index in [4.69, 9.17) is 5.73 Å². The van der Waals surface area contributed by atoms with Crippen LogP contribution in [-0.2, 0) is 0 Å². The Morgan fingerprint density at radius 2 is 1.94 bits per heavy atom. The summed E-state index contributed by atoms with van der Waals surface area (Å²) in [6, 6.07) is 6.22. The van der Waals surface area contributed by atoms with Crippen LogP contribution in [0.2, 0.25) is 0 Å². The van der Waals surface area contributed by atoms with E-state index in [0.29, 0.717) is 0 Å². The molecule has 2 rings (SSSR count). The lowest BCUT2D eigenvalue weighted by atomic mass is 10.2. The Kier molecular flexibility index (Phi) is 4.37. The number of thioether (sulfide) groups is 1. The van der Waals surface area contributed by atoms with Gasteiger partial charge in [0, 0.05) is 22.3 Å². The van der Waals surface area contributed by atoms with Crippen molar-refractivity contribution in [2.75, 3.05) is 0 Å². The first-order chi connectivity index (χ1) is 8.56. The molecule has 0 aromatic carbocycles. The molecule has 3 nitrogen and oxygen atoms in total. The van der Waals surface area contributed by atoms with Crippen molar-refractivity contribution in [2.45, 2.75) is 37.2 Å². The van der Waals surface area contributed by atoms with E-state index < -0.39 is 0 Å². The molecule has 0 aliphatic carbocycles. The summed E-state index contributed by atoms with van der Waals surface area (Å²) in [6.07, 6.45) is 0. The molecule has 0 radical (unpaired) electrons. The Labute approximate surface area is 116 Å². The van der Waals surface area contributed by atoms with Crippen molar-refractivity contribution in [3.8, 4) is 0 Å². The third-order valence-corrected chi connectivity index (χ3v) is 4.93. The number of hydrogen-bond donors (Lipinski definition) is 1. The summed E-state index contributed by atoms with van der Waals surface area (Å²) >= 11 is 3.38. The predicted octanol–water partition coefficient (Wildman–Crippen LogP) is 3.34. The highest BCUT2D eigenvalue weighted by Crippen LogP contribution is 2.37. The number of hydrogen-bond acceptors (Lipinski definition) is 5. The fraction of sp³-hybridized carbons (Fsp3) is 0.385. The van der Waals surface area contributed by atoms with Crippen LogP contribution in [0.3, 0.4) is 0 Å². The van der Waals surface area contributed by atoms with Gasteiger partial charge in [-0.2, -0.15) is 0 Å². The van der Waals surface area contributed by atoms with Crippen molar-refractivity contribution < 1.29 is 0 Å². The average molecular weight is 279 g/mol. The van der Waals surface area contributed by atoms with Gasteiger partial charge in [-0.15, -0.1) is 11.3 Å². The fourth-order valence-electron chi connectivity index (χ4n) is 1.74. The maximum atomic E-state index is 6.08. The smallest absolute Gasteiger partial charge is 0.188 e. The van der Waals surface area contributed by atoms with Crippen LogP contribution in [0.25, 0.3) is 0 Å². The van der Waals surface area contributed by atoms with Crippen molar-refractivity contribution in [1.82, 2.24) is 9.97 Å². The second kappa shape index (κ2) is 5.82. The van der Waals surface area contributed by atoms with E-state index in [1.54, 1.807) is 23.1 Å². The summed E-state index contributed by atoms with van der Waals surface area (Å²) in [6.45, 7) is 6.01. The molecule has 2 aromatic rings. The molecule has 5 heteroatoms. The Hall–Kier alpha value is -0.910. The van der Waals surface area contributed by atoms with Crippen LogP contribution in [0.1, 0.15) is 28.4 Å². The summed E-state index contributed by atoms with van der Waals surface area (Å²) in [4.78, 5) is 10.2. The minimum Gasteiger partial charge on any atom is -0.327 e. The van der Waals surface area contributed by atoms with E-state index in [1.165, 1.54) is 4.88 Å². The zero-order valence-corrected chi connectivity index (χ0v) is 12.4. The summed E-state index contributed by atoms with van der Waals surface area (Å²) in [5.41, 5.74) is 8.08. The van der Waals surface area contributed by atoms with Crippen LogP contribution in [0.4, 0.5) is 0 Å².